The van der Waals surface area contributed by atoms with Crippen LogP contribution in [0.1, 0.15) is 22.5 Å². The number of aryl methyl sites for hydroxylation is 1. The lowest BCUT2D eigenvalue weighted by molar-refractivity contribution is -0.137. The molecular weight excluding hydrogens is 467 g/mol. The van der Waals surface area contributed by atoms with Gasteiger partial charge in [-0.2, -0.15) is 13.2 Å². The third kappa shape index (κ3) is 4.40. The summed E-state index contributed by atoms with van der Waals surface area (Å²) < 4.78 is 47.8. The average Bonchev–Trinajstić information content (AvgIpc) is 3.21. The molecule has 1 aromatic heterocycles. The molecule has 7 heteroatoms. The van der Waals surface area contributed by atoms with Crippen molar-refractivity contribution in [1.82, 2.24) is 4.57 Å². The summed E-state index contributed by atoms with van der Waals surface area (Å²) in [5, 5.41) is 12.8. The second-order valence-corrected chi connectivity index (χ2v) is 8.46. The fraction of sp³-hybridized carbons (Fsp3) is 0.138. The Labute approximate surface area is 205 Å². The van der Waals surface area contributed by atoms with Crippen molar-refractivity contribution in [1.29, 1.82) is 0 Å². The highest BCUT2D eigenvalue weighted by Gasteiger charge is 2.31. The number of rotatable bonds is 7. The van der Waals surface area contributed by atoms with Crippen LogP contribution in [-0.4, -0.2) is 22.2 Å². The van der Waals surface area contributed by atoms with Gasteiger partial charge in [0, 0.05) is 28.4 Å². The molecule has 0 aliphatic rings. The van der Waals surface area contributed by atoms with Crippen molar-refractivity contribution in [2.24, 2.45) is 0 Å². The quantitative estimate of drug-likeness (QED) is 0.239. The van der Waals surface area contributed by atoms with Gasteiger partial charge in [-0.15, -0.1) is 0 Å². The van der Waals surface area contributed by atoms with Crippen LogP contribution >= 0.6 is 0 Å². The number of halogens is 3. The van der Waals surface area contributed by atoms with Crippen LogP contribution in [0.25, 0.3) is 32.8 Å². The molecule has 0 radical (unpaired) electrons. The van der Waals surface area contributed by atoms with Crippen LogP contribution in [0, 0.1) is 0 Å². The number of carboxylic acids is 1. The third-order valence-electron chi connectivity index (χ3n) is 6.19. The minimum atomic E-state index is -4.53. The smallest absolute Gasteiger partial charge is 0.416 e. The average molecular weight is 489 g/mol. The summed E-state index contributed by atoms with van der Waals surface area (Å²) in [6.45, 7) is 0.671. The van der Waals surface area contributed by atoms with E-state index < -0.39 is 17.7 Å². The van der Waals surface area contributed by atoms with E-state index >= 15 is 0 Å². The van der Waals surface area contributed by atoms with Gasteiger partial charge in [0.15, 0.2) is 0 Å². The number of fused-ring (bicyclic) bond motifs is 2. The zero-order valence-electron chi connectivity index (χ0n) is 19.1. The first-order chi connectivity index (χ1) is 17.3. The van der Waals surface area contributed by atoms with Gasteiger partial charge in [0.05, 0.1) is 12.2 Å². The van der Waals surface area contributed by atoms with Gasteiger partial charge in [-0.3, -0.25) is 0 Å². The van der Waals surface area contributed by atoms with Crippen molar-refractivity contribution in [2.45, 2.75) is 19.1 Å². The lowest BCUT2D eigenvalue weighted by Gasteiger charge is -2.12. The molecule has 4 nitrogen and oxygen atoms in total. The van der Waals surface area contributed by atoms with E-state index in [1.807, 2.05) is 42.5 Å². The summed E-state index contributed by atoms with van der Waals surface area (Å²) in [6.07, 6.45) is -4.03. The molecule has 0 saturated heterocycles. The van der Waals surface area contributed by atoms with Gasteiger partial charge < -0.3 is 14.4 Å². The van der Waals surface area contributed by atoms with Gasteiger partial charge in [-0.05, 0) is 41.6 Å². The Morgan fingerprint density at radius 2 is 1.56 bits per heavy atom. The van der Waals surface area contributed by atoms with Gasteiger partial charge in [-0.25, -0.2) is 4.79 Å². The first kappa shape index (κ1) is 23.5. The Kier molecular flexibility index (Phi) is 6.14. The number of aromatic nitrogens is 1. The summed E-state index contributed by atoms with van der Waals surface area (Å²) in [5.74, 6) is -0.456. The fourth-order valence-electron chi connectivity index (χ4n) is 4.63. The van der Waals surface area contributed by atoms with Crippen LogP contribution in [0.4, 0.5) is 13.2 Å². The molecule has 0 amide bonds. The van der Waals surface area contributed by atoms with Crippen molar-refractivity contribution in [3.8, 4) is 16.9 Å². The molecule has 0 fully saturated rings. The van der Waals surface area contributed by atoms with Gasteiger partial charge in [-0.1, -0.05) is 66.7 Å². The normalized spacial score (nSPS) is 11.8. The van der Waals surface area contributed by atoms with Crippen LogP contribution in [-0.2, 0) is 12.7 Å². The van der Waals surface area contributed by atoms with Crippen molar-refractivity contribution in [3.63, 3.8) is 0 Å². The Hall–Kier alpha value is -4.26. The highest BCUT2D eigenvalue weighted by atomic mass is 19.4. The van der Waals surface area contributed by atoms with E-state index in [0.717, 1.165) is 28.7 Å². The number of benzene rings is 4. The molecule has 36 heavy (non-hydrogen) atoms. The van der Waals surface area contributed by atoms with Crippen LogP contribution in [0.15, 0.2) is 91.0 Å². The van der Waals surface area contributed by atoms with Crippen molar-refractivity contribution < 1.29 is 27.8 Å². The second-order valence-electron chi connectivity index (χ2n) is 8.46. The molecule has 5 aromatic rings. The predicted molar refractivity (Wildman–Crippen MR) is 133 cm³/mol. The zero-order valence-corrected chi connectivity index (χ0v) is 19.1. The summed E-state index contributed by atoms with van der Waals surface area (Å²) in [7, 11) is 0. The molecule has 0 saturated carbocycles. The molecule has 0 bridgehead atoms. The fourth-order valence-corrected chi connectivity index (χ4v) is 4.63. The monoisotopic (exact) mass is 489 g/mol. The van der Waals surface area contributed by atoms with E-state index in [0.29, 0.717) is 30.5 Å². The number of alkyl halides is 3. The number of nitrogens with zero attached hydrogens (tertiary/aromatic N) is 1. The summed E-state index contributed by atoms with van der Waals surface area (Å²) in [5.41, 5.74) is 0.271. The number of para-hydroxylation sites is 1. The largest absolute Gasteiger partial charge is 0.493 e. The first-order valence-electron chi connectivity index (χ1n) is 11.5. The van der Waals surface area contributed by atoms with Gasteiger partial charge in [0.2, 0.25) is 0 Å². The maximum Gasteiger partial charge on any atom is 0.416 e. The maximum atomic E-state index is 13.4. The molecule has 5 rings (SSSR count). The highest BCUT2D eigenvalue weighted by Crippen LogP contribution is 2.38. The van der Waals surface area contributed by atoms with E-state index in [2.05, 4.69) is 0 Å². The van der Waals surface area contributed by atoms with Gasteiger partial charge in [0.25, 0.3) is 0 Å². The zero-order chi connectivity index (χ0) is 25.3. The van der Waals surface area contributed by atoms with E-state index in [1.54, 1.807) is 28.8 Å². The van der Waals surface area contributed by atoms with E-state index in [4.69, 9.17) is 4.74 Å². The maximum absolute atomic E-state index is 13.4. The Morgan fingerprint density at radius 3 is 2.33 bits per heavy atom. The predicted octanol–water partition coefficient (Wildman–Crippen LogP) is 7.65. The Bertz CT molecular complexity index is 1560. The molecule has 4 aromatic carbocycles. The van der Waals surface area contributed by atoms with Crippen LogP contribution in [0.2, 0.25) is 0 Å². The highest BCUT2D eigenvalue weighted by molar-refractivity contribution is 6.08. The molecule has 1 N–H and O–H groups in total. The van der Waals surface area contributed by atoms with Crippen molar-refractivity contribution >= 4 is 27.6 Å². The first-order valence-corrected chi connectivity index (χ1v) is 11.5. The Morgan fingerprint density at radius 1 is 0.861 bits per heavy atom. The van der Waals surface area contributed by atoms with E-state index in [1.165, 1.54) is 12.1 Å². The standard InChI is InChI=1S/C29H22F3NO3/c30-29(31,32)21-11-5-10-20(18-21)26-23-13-3-4-14-24(23)33(27(26)28(34)35)16-7-17-36-25-15-6-9-19-8-1-2-12-22(19)25/h1-6,8-15,18H,7,16-17H2,(H,34,35). The van der Waals surface area contributed by atoms with Crippen LogP contribution in [0.5, 0.6) is 5.75 Å². The lowest BCUT2D eigenvalue weighted by atomic mass is 9.99. The number of hydrogen-bond donors (Lipinski definition) is 1. The minimum absolute atomic E-state index is 0.0410. The molecule has 182 valence electrons. The number of carbonyl (C=O) groups is 1. The van der Waals surface area contributed by atoms with Gasteiger partial charge >= 0.3 is 12.1 Å². The SMILES string of the molecule is O=C(O)c1c(-c2cccc(C(F)(F)F)c2)c2ccccc2n1CCCOc1cccc2ccccc12. The summed E-state index contributed by atoms with van der Waals surface area (Å²) >= 11 is 0. The number of hydrogen-bond acceptors (Lipinski definition) is 2. The molecule has 1 heterocycles. The van der Waals surface area contributed by atoms with Crippen molar-refractivity contribution in [2.75, 3.05) is 6.61 Å². The van der Waals surface area contributed by atoms with Crippen LogP contribution < -0.4 is 4.74 Å². The molecule has 0 spiro atoms. The van der Waals surface area contributed by atoms with Crippen molar-refractivity contribution in [3.05, 3.63) is 102 Å². The molecule has 0 aliphatic carbocycles. The molecular formula is C29H22F3NO3. The molecule has 0 aliphatic heterocycles. The number of ether oxygens (including phenoxy) is 1. The number of aromatic carboxylic acids is 1. The third-order valence-corrected chi connectivity index (χ3v) is 6.19. The minimum Gasteiger partial charge on any atom is -0.493 e. The van der Waals surface area contributed by atoms with E-state index in [-0.39, 0.29) is 16.8 Å². The summed E-state index contributed by atoms with van der Waals surface area (Å²) in [4.78, 5) is 12.4. The molecule has 0 unspecified atom stereocenters. The molecule has 0 atom stereocenters. The van der Waals surface area contributed by atoms with Gasteiger partial charge in [0.1, 0.15) is 11.4 Å². The van der Waals surface area contributed by atoms with E-state index in [9.17, 15) is 23.1 Å². The second kappa shape index (κ2) is 9.41. The topological polar surface area (TPSA) is 51.5 Å². The summed E-state index contributed by atoms with van der Waals surface area (Å²) in [6, 6.07) is 25.5. The Balaban J connectivity index is 1.48. The van der Waals surface area contributed by atoms with Crippen LogP contribution in [0.3, 0.4) is 0 Å². The number of carboxylic acid groups (broad SMARTS) is 1. The lowest BCUT2D eigenvalue weighted by Crippen LogP contribution is -2.12.